The van der Waals surface area contributed by atoms with Gasteiger partial charge in [-0.15, -0.1) is 0 Å². The Morgan fingerprint density at radius 3 is 2.77 bits per heavy atom. The number of nitrogens with one attached hydrogen (secondary N) is 1. The van der Waals surface area contributed by atoms with E-state index < -0.39 is 0 Å². The molecule has 2 rings (SSSR count). The first-order valence-electron chi connectivity index (χ1n) is 4.18. The van der Waals surface area contributed by atoms with Crippen LogP contribution in [-0.2, 0) is 0 Å². The lowest BCUT2D eigenvalue weighted by molar-refractivity contribution is 1.39. The maximum Gasteiger partial charge on any atom is 0.0708 e. The molecule has 64 valence electrons. The molecule has 0 bridgehead atoms. The molecule has 0 aliphatic heterocycles. The molecule has 1 heterocycles. The fraction of sp³-hybridized carbons (Fsp3) is 0.0909. The number of fused-ring (bicyclic) bond motifs is 1. The average Bonchev–Trinajstić information content (AvgIpc) is 2.17. The van der Waals surface area contributed by atoms with E-state index in [1.807, 2.05) is 30.3 Å². The number of hydrogen-bond acceptors (Lipinski definition) is 2. The lowest BCUT2D eigenvalue weighted by Crippen LogP contribution is -1.94. The summed E-state index contributed by atoms with van der Waals surface area (Å²) in [7, 11) is 0. The number of aromatic nitrogens is 1. The highest BCUT2D eigenvalue weighted by atomic mass is 14.6. The van der Waals surface area contributed by atoms with Gasteiger partial charge in [0, 0.05) is 22.9 Å². The molecular weight excluding hydrogens is 160 g/mol. The minimum absolute atomic E-state index is 0.582. The lowest BCUT2D eigenvalue weighted by Gasteiger charge is -2.02. The van der Waals surface area contributed by atoms with E-state index in [1.54, 1.807) is 13.1 Å². The van der Waals surface area contributed by atoms with Crippen LogP contribution in [0.25, 0.3) is 10.9 Å². The second kappa shape index (κ2) is 2.98. The molecule has 13 heavy (non-hydrogen) atoms. The first-order valence-corrected chi connectivity index (χ1v) is 4.18. The molecule has 2 heteroatoms. The number of rotatable bonds is 1. The number of benzene rings is 1. The minimum atomic E-state index is 0.582. The Balaban J connectivity index is 2.83. The van der Waals surface area contributed by atoms with Gasteiger partial charge in [0.1, 0.15) is 0 Å². The Bertz CT molecular complexity index is 455. The number of pyridine rings is 1. The monoisotopic (exact) mass is 170 g/mol. The van der Waals surface area contributed by atoms with Crippen LogP contribution < -0.4 is 0 Å². The van der Waals surface area contributed by atoms with Crippen molar-refractivity contribution in [2.24, 2.45) is 0 Å². The van der Waals surface area contributed by atoms with Crippen LogP contribution >= 0.6 is 0 Å². The third-order valence-electron chi connectivity index (χ3n) is 2.05. The van der Waals surface area contributed by atoms with Gasteiger partial charge in [-0.1, -0.05) is 18.2 Å². The van der Waals surface area contributed by atoms with E-state index in [2.05, 4.69) is 4.98 Å². The van der Waals surface area contributed by atoms with Crippen molar-refractivity contribution in [3.05, 3.63) is 42.1 Å². The van der Waals surface area contributed by atoms with Gasteiger partial charge in [0.2, 0.25) is 0 Å². The van der Waals surface area contributed by atoms with Gasteiger partial charge < -0.3 is 5.41 Å². The molecule has 0 spiro atoms. The zero-order chi connectivity index (χ0) is 9.26. The smallest absolute Gasteiger partial charge is 0.0708 e. The highest BCUT2D eigenvalue weighted by Gasteiger charge is 2.01. The van der Waals surface area contributed by atoms with Crippen LogP contribution in [0.5, 0.6) is 0 Å². The first-order chi connectivity index (χ1) is 6.29. The van der Waals surface area contributed by atoms with Crippen LogP contribution in [0.3, 0.4) is 0 Å². The van der Waals surface area contributed by atoms with Gasteiger partial charge in [-0.25, -0.2) is 0 Å². The molecule has 1 aromatic carbocycles. The summed E-state index contributed by atoms with van der Waals surface area (Å²) in [6.45, 7) is 1.79. The van der Waals surface area contributed by atoms with Gasteiger partial charge in [-0.3, -0.25) is 4.98 Å². The standard InChI is InChI=1S/C11H10N2/c1-8(12)9-6-7-13-11-5-3-2-4-10(9)11/h2-7,12H,1H3. The van der Waals surface area contributed by atoms with Gasteiger partial charge in [0.25, 0.3) is 0 Å². The summed E-state index contributed by atoms with van der Waals surface area (Å²) < 4.78 is 0. The Hall–Kier alpha value is -1.70. The molecule has 0 amide bonds. The van der Waals surface area contributed by atoms with E-state index in [9.17, 15) is 0 Å². The van der Waals surface area contributed by atoms with Crippen molar-refractivity contribution in [1.82, 2.24) is 4.98 Å². The van der Waals surface area contributed by atoms with E-state index in [0.29, 0.717) is 5.71 Å². The Morgan fingerprint density at radius 2 is 2.00 bits per heavy atom. The zero-order valence-electron chi connectivity index (χ0n) is 7.41. The first kappa shape index (κ1) is 7.92. The van der Waals surface area contributed by atoms with Crippen LogP contribution in [0.2, 0.25) is 0 Å². The van der Waals surface area contributed by atoms with Gasteiger partial charge in [0.05, 0.1) is 5.52 Å². The second-order valence-electron chi connectivity index (χ2n) is 3.00. The maximum absolute atomic E-state index is 7.59. The number of para-hydroxylation sites is 1. The van der Waals surface area contributed by atoms with Gasteiger partial charge >= 0.3 is 0 Å². The molecule has 2 nitrogen and oxygen atoms in total. The lowest BCUT2D eigenvalue weighted by atomic mass is 10.1. The molecule has 0 fully saturated rings. The Labute approximate surface area is 76.7 Å². The predicted octanol–water partition coefficient (Wildman–Crippen LogP) is 2.62. The maximum atomic E-state index is 7.59. The van der Waals surface area contributed by atoms with Crippen molar-refractivity contribution in [3.8, 4) is 0 Å². The van der Waals surface area contributed by atoms with Crippen molar-refractivity contribution < 1.29 is 0 Å². The molecule has 0 atom stereocenters. The zero-order valence-corrected chi connectivity index (χ0v) is 7.41. The summed E-state index contributed by atoms with van der Waals surface area (Å²) in [6, 6.07) is 9.76. The topological polar surface area (TPSA) is 36.7 Å². The summed E-state index contributed by atoms with van der Waals surface area (Å²) in [5.41, 5.74) is 2.50. The highest BCUT2D eigenvalue weighted by molar-refractivity contribution is 6.07. The number of nitrogens with zero attached hydrogens (tertiary/aromatic N) is 1. The van der Waals surface area contributed by atoms with Crippen molar-refractivity contribution in [3.63, 3.8) is 0 Å². The summed E-state index contributed by atoms with van der Waals surface area (Å²) in [5.74, 6) is 0. The molecule has 0 saturated heterocycles. The van der Waals surface area contributed by atoms with E-state index in [1.165, 1.54) is 0 Å². The number of hydrogen-bond donors (Lipinski definition) is 1. The van der Waals surface area contributed by atoms with Crippen LogP contribution in [-0.4, -0.2) is 10.7 Å². The fourth-order valence-corrected chi connectivity index (χ4v) is 1.42. The second-order valence-corrected chi connectivity index (χ2v) is 3.00. The van der Waals surface area contributed by atoms with Crippen molar-refractivity contribution in [2.45, 2.75) is 6.92 Å². The summed E-state index contributed by atoms with van der Waals surface area (Å²) in [5, 5.41) is 8.64. The molecule has 2 aromatic rings. The third-order valence-corrected chi connectivity index (χ3v) is 2.05. The molecular formula is C11H10N2. The molecule has 1 aromatic heterocycles. The highest BCUT2D eigenvalue weighted by Crippen LogP contribution is 2.15. The SMILES string of the molecule is CC(=N)c1ccnc2ccccc12. The van der Waals surface area contributed by atoms with Gasteiger partial charge in [-0.2, -0.15) is 0 Å². The van der Waals surface area contributed by atoms with Crippen molar-refractivity contribution in [2.75, 3.05) is 0 Å². The molecule has 0 saturated carbocycles. The summed E-state index contributed by atoms with van der Waals surface area (Å²) in [4.78, 5) is 4.23. The summed E-state index contributed by atoms with van der Waals surface area (Å²) in [6.07, 6.45) is 1.75. The van der Waals surface area contributed by atoms with E-state index in [4.69, 9.17) is 5.41 Å². The molecule has 0 aliphatic carbocycles. The average molecular weight is 170 g/mol. The van der Waals surface area contributed by atoms with Crippen LogP contribution in [0.1, 0.15) is 12.5 Å². The van der Waals surface area contributed by atoms with Crippen molar-refractivity contribution >= 4 is 16.6 Å². The quantitative estimate of drug-likeness (QED) is 0.656. The third kappa shape index (κ3) is 1.31. The fourth-order valence-electron chi connectivity index (χ4n) is 1.42. The molecule has 1 N–H and O–H groups in total. The van der Waals surface area contributed by atoms with Crippen LogP contribution in [0, 0.1) is 5.41 Å². The molecule has 0 radical (unpaired) electrons. The van der Waals surface area contributed by atoms with E-state index >= 15 is 0 Å². The molecule has 0 unspecified atom stereocenters. The predicted molar refractivity (Wildman–Crippen MR) is 54.2 cm³/mol. The van der Waals surface area contributed by atoms with Gasteiger partial charge in [0.15, 0.2) is 0 Å². The van der Waals surface area contributed by atoms with Crippen LogP contribution in [0.4, 0.5) is 0 Å². The summed E-state index contributed by atoms with van der Waals surface area (Å²) >= 11 is 0. The minimum Gasteiger partial charge on any atom is -0.305 e. The van der Waals surface area contributed by atoms with E-state index in [-0.39, 0.29) is 0 Å². The largest absolute Gasteiger partial charge is 0.305 e. The molecule has 0 aliphatic rings. The Kier molecular flexibility index (Phi) is 1.81. The van der Waals surface area contributed by atoms with Crippen molar-refractivity contribution in [1.29, 1.82) is 5.41 Å². The Morgan fingerprint density at radius 1 is 1.23 bits per heavy atom. The van der Waals surface area contributed by atoms with Crippen LogP contribution in [0.15, 0.2) is 36.5 Å². The normalized spacial score (nSPS) is 10.2. The van der Waals surface area contributed by atoms with E-state index in [0.717, 1.165) is 16.5 Å². The van der Waals surface area contributed by atoms with Gasteiger partial charge in [-0.05, 0) is 19.1 Å².